The lowest BCUT2D eigenvalue weighted by atomic mass is 9.62. The minimum Gasteiger partial charge on any atom is -0.465 e. The first-order valence-electron chi connectivity index (χ1n) is 13.2. The standard InChI is InChI=1S/C28H44N2O6/c1-8-10-11-12-17-35-25(34)21-20-23(32)29(15-13-16-31)22(24(33)30(14-9-2)26(4,5)6)28(20)18-19(3)27(21,7)36-28/h8-9,19-22,31H,1-2,10-18H2,3-7H3/t19?,20-,21+,22?,27-,28?/m0/s1. The van der Waals surface area contributed by atoms with Gasteiger partial charge in [-0.05, 0) is 65.7 Å². The molecule has 3 fully saturated rings. The number of nitrogens with zero attached hydrogens (tertiary/aromatic N) is 2. The lowest BCUT2D eigenvalue weighted by Gasteiger charge is -2.42. The number of hydrogen-bond donors (Lipinski definition) is 1. The van der Waals surface area contributed by atoms with E-state index in [1.807, 2.05) is 40.7 Å². The molecule has 1 spiro atoms. The number of allylic oxidation sites excluding steroid dienone is 1. The van der Waals surface area contributed by atoms with Crippen LogP contribution in [0.1, 0.15) is 66.7 Å². The van der Waals surface area contributed by atoms with Crippen molar-refractivity contribution in [2.24, 2.45) is 17.8 Å². The van der Waals surface area contributed by atoms with Gasteiger partial charge in [-0.15, -0.1) is 13.2 Å². The van der Waals surface area contributed by atoms with Crippen LogP contribution in [-0.4, -0.2) is 81.8 Å². The van der Waals surface area contributed by atoms with Crippen LogP contribution in [0.4, 0.5) is 0 Å². The average molecular weight is 505 g/mol. The van der Waals surface area contributed by atoms with Crippen LogP contribution in [0.5, 0.6) is 0 Å². The Morgan fingerprint density at radius 1 is 1.25 bits per heavy atom. The van der Waals surface area contributed by atoms with Crippen LogP contribution in [0, 0.1) is 17.8 Å². The highest BCUT2D eigenvalue weighted by Crippen LogP contribution is 2.65. The van der Waals surface area contributed by atoms with E-state index in [2.05, 4.69) is 13.2 Å². The summed E-state index contributed by atoms with van der Waals surface area (Å²) in [6.45, 7) is 18.0. The zero-order valence-corrected chi connectivity index (χ0v) is 22.6. The molecule has 8 nitrogen and oxygen atoms in total. The number of esters is 1. The Balaban J connectivity index is 2.00. The number of amides is 2. The Bertz CT molecular complexity index is 882. The predicted octanol–water partition coefficient (Wildman–Crippen LogP) is 3.09. The highest BCUT2D eigenvalue weighted by atomic mass is 16.6. The summed E-state index contributed by atoms with van der Waals surface area (Å²) in [5, 5.41) is 9.52. The third-order valence-corrected chi connectivity index (χ3v) is 8.29. The molecule has 3 heterocycles. The molecule has 3 aliphatic rings. The molecule has 3 unspecified atom stereocenters. The number of hydrogen-bond acceptors (Lipinski definition) is 6. The van der Waals surface area contributed by atoms with Crippen LogP contribution >= 0.6 is 0 Å². The monoisotopic (exact) mass is 504 g/mol. The van der Waals surface area contributed by atoms with Gasteiger partial charge in [-0.25, -0.2) is 0 Å². The fourth-order valence-corrected chi connectivity index (χ4v) is 6.48. The van der Waals surface area contributed by atoms with E-state index >= 15 is 0 Å². The molecule has 0 aromatic rings. The van der Waals surface area contributed by atoms with Crippen molar-refractivity contribution in [3.8, 4) is 0 Å². The third-order valence-electron chi connectivity index (χ3n) is 8.29. The molecular formula is C28H44N2O6. The van der Waals surface area contributed by atoms with Gasteiger partial charge in [-0.3, -0.25) is 14.4 Å². The van der Waals surface area contributed by atoms with Crippen molar-refractivity contribution in [1.29, 1.82) is 0 Å². The molecule has 3 rings (SSSR count). The summed E-state index contributed by atoms with van der Waals surface area (Å²) in [4.78, 5) is 44.9. The maximum Gasteiger partial charge on any atom is 0.312 e. The molecule has 2 amide bonds. The van der Waals surface area contributed by atoms with E-state index in [1.54, 1.807) is 15.9 Å². The number of aliphatic hydroxyl groups is 1. The first kappa shape index (κ1) is 28.4. The zero-order valence-electron chi connectivity index (χ0n) is 22.6. The summed E-state index contributed by atoms with van der Waals surface area (Å²) in [6, 6.07) is -0.879. The second-order valence-corrected chi connectivity index (χ2v) is 11.7. The van der Waals surface area contributed by atoms with Gasteiger partial charge in [-0.1, -0.05) is 19.1 Å². The molecule has 1 N–H and O–H groups in total. The van der Waals surface area contributed by atoms with Crippen molar-refractivity contribution in [2.75, 3.05) is 26.3 Å². The topological polar surface area (TPSA) is 96.4 Å². The van der Waals surface area contributed by atoms with Gasteiger partial charge in [-0.2, -0.15) is 0 Å². The number of ether oxygens (including phenoxy) is 2. The smallest absolute Gasteiger partial charge is 0.312 e. The number of fused-ring (bicyclic) bond motifs is 1. The van der Waals surface area contributed by atoms with Gasteiger partial charge in [0.15, 0.2) is 0 Å². The van der Waals surface area contributed by atoms with E-state index in [1.165, 1.54) is 0 Å². The molecule has 0 radical (unpaired) electrons. The Kier molecular flexibility index (Phi) is 8.40. The summed E-state index contributed by atoms with van der Waals surface area (Å²) < 4.78 is 12.4. The van der Waals surface area contributed by atoms with Crippen molar-refractivity contribution in [1.82, 2.24) is 9.80 Å². The lowest BCUT2D eigenvalue weighted by molar-refractivity contribution is -0.163. The van der Waals surface area contributed by atoms with Gasteiger partial charge in [0.1, 0.15) is 17.6 Å². The number of carbonyl (C=O) groups is 3. The quantitative estimate of drug-likeness (QED) is 0.249. The first-order valence-corrected chi connectivity index (χ1v) is 13.2. The van der Waals surface area contributed by atoms with Crippen molar-refractivity contribution in [3.63, 3.8) is 0 Å². The minimum absolute atomic E-state index is 0.0459. The predicted molar refractivity (Wildman–Crippen MR) is 137 cm³/mol. The van der Waals surface area contributed by atoms with Gasteiger partial charge in [0.05, 0.1) is 18.1 Å². The Morgan fingerprint density at radius 2 is 1.94 bits per heavy atom. The van der Waals surface area contributed by atoms with E-state index < -0.39 is 40.6 Å². The maximum atomic E-state index is 14.2. The molecule has 202 valence electrons. The van der Waals surface area contributed by atoms with E-state index in [-0.39, 0.29) is 37.5 Å². The normalized spacial score (nSPS) is 32.9. The zero-order chi connectivity index (χ0) is 26.9. The molecule has 3 saturated heterocycles. The molecule has 2 bridgehead atoms. The van der Waals surface area contributed by atoms with Gasteiger partial charge in [0.2, 0.25) is 11.8 Å². The number of aliphatic hydroxyl groups excluding tert-OH is 1. The molecule has 3 aliphatic heterocycles. The van der Waals surface area contributed by atoms with Crippen molar-refractivity contribution < 1.29 is 29.0 Å². The Labute approximate surface area is 215 Å². The molecule has 0 aromatic carbocycles. The van der Waals surface area contributed by atoms with Crippen LogP contribution in [0.15, 0.2) is 25.3 Å². The van der Waals surface area contributed by atoms with Crippen molar-refractivity contribution in [3.05, 3.63) is 25.3 Å². The number of carbonyl (C=O) groups excluding carboxylic acids is 3. The minimum atomic E-state index is -1.12. The summed E-state index contributed by atoms with van der Waals surface area (Å²) in [5.74, 6) is -2.54. The van der Waals surface area contributed by atoms with E-state index in [0.717, 1.165) is 12.8 Å². The molecule has 8 heteroatoms. The summed E-state index contributed by atoms with van der Waals surface area (Å²) in [6.07, 6.45) is 6.78. The van der Waals surface area contributed by atoms with Gasteiger partial charge in [0, 0.05) is 25.2 Å². The molecule has 0 saturated carbocycles. The van der Waals surface area contributed by atoms with Crippen LogP contribution in [0.3, 0.4) is 0 Å². The van der Waals surface area contributed by atoms with Crippen LogP contribution < -0.4 is 0 Å². The van der Waals surface area contributed by atoms with Gasteiger partial charge < -0.3 is 24.4 Å². The molecular weight excluding hydrogens is 460 g/mol. The number of likely N-dealkylation sites (tertiary alicyclic amines) is 1. The molecule has 6 atom stereocenters. The number of unbranched alkanes of at least 4 members (excludes halogenated alkanes) is 2. The van der Waals surface area contributed by atoms with Crippen LogP contribution in [0.2, 0.25) is 0 Å². The number of rotatable bonds is 12. The summed E-state index contributed by atoms with van der Waals surface area (Å²) >= 11 is 0. The second kappa shape index (κ2) is 10.7. The summed E-state index contributed by atoms with van der Waals surface area (Å²) in [5.41, 5.74) is -2.53. The average Bonchev–Trinajstić information content (AvgIpc) is 3.31. The van der Waals surface area contributed by atoms with Crippen LogP contribution in [0.25, 0.3) is 0 Å². The van der Waals surface area contributed by atoms with Crippen molar-refractivity contribution >= 4 is 17.8 Å². The highest BCUT2D eigenvalue weighted by molar-refractivity contribution is 5.98. The fourth-order valence-electron chi connectivity index (χ4n) is 6.48. The lowest BCUT2D eigenvalue weighted by Crippen LogP contribution is -2.60. The molecule has 0 aromatic heterocycles. The first-order chi connectivity index (χ1) is 16.9. The molecule has 36 heavy (non-hydrogen) atoms. The second-order valence-electron chi connectivity index (χ2n) is 11.7. The van der Waals surface area contributed by atoms with Crippen molar-refractivity contribution in [2.45, 2.75) is 89.5 Å². The van der Waals surface area contributed by atoms with Gasteiger partial charge in [0.25, 0.3) is 0 Å². The van der Waals surface area contributed by atoms with E-state index in [9.17, 15) is 19.5 Å². The maximum absolute atomic E-state index is 14.2. The Morgan fingerprint density at radius 3 is 2.53 bits per heavy atom. The Hall–Kier alpha value is -2.19. The van der Waals surface area contributed by atoms with E-state index in [0.29, 0.717) is 25.8 Å². The van der Waals surface area contributed by atoms with Crippen LogP contribution in [-0.2, 0) is 23.9 Å². The highest BCUT2D eigenvalue weighted by Gasteiger charge is 2.80. The largest absolute Gasteiger partial charge is 0.465 e. The third kappa shape index (κ3) is 4.62. The summed E-state index contributed by atoms with van der Waals surface area (Å²) in [7, 11) is 0. The SMILES string of the molecule is C=CCCCCOC(=O)[C@H]1[C@H]2C(=O)N(CCCO)C(C(=O)N(CC=C)C(C)(C)C)C23CC(C)[C@]1(C)O3. The fraction of sp³-hybridized carbons (Fsp3) is 0.750. The van der Waals surface area contributed by atoms with E-state index in [4.69, 9.17) is 9.47 Å². The van der Waals surface area contributed by atoms with Gasteiger partial charge >= 0.3 is 5.97 Å². The molecule has 0 aliphatic carbocycles.